The van der Waals surface area contributed by atoms with Crippen molar-refractivity contribution in [3.8, 4) is 0 Å². The fraction of sp³-hybridized carbons (Fsp3) is 0.250. The Morgan fingerprint density at radius 2 is 1.67 bits per heavy atom. The van der Waals surface area contributed by atoms with E-state index in [-0.39, 0.29) is 0 Å². The summed E-state index contributed by atoms with van der Waals surface area (Å²) >= 11 is 0. The van der Waals surface area contributed by atoms with Crippen LogP contribution in [0.3, 0.4) is 0 Å². The van der Waals surface area contributed by atoms with E-state index in [9.17, 15) is 0 Å². The Labute approximate surface area is 75.2 Å². The zero-order valence-corrected chi connectivity index (χ0v) is 8.04. The van der Waals surface area contributed by atoms with E-state index >= 15 is 0 Å². The number of benzene rings is 1. The van der Waals surface area contributed by atoms with E-state index in [1.54, 1.807) is 0 Å². The van der Waals surface area contributed by atoms with Crippen LogP contribution in [0.5, 0.6) is 0 Å². The topological polar surface area (TPSA) is 0 Å². The Kier molecular flexibility index (Phi) is 7.02. The highest BCUT2D eigenvalue weighted by atomic mass is 13.8. The fourth-order valence-electron chi connectivity index (χ4n) is 0.729. The molecule has 0 spiro atoms. The molecule has 1 rings (SSSR count). The molecule has 0 nitrogen and oxygen atoms in total. The molecule has 1 aromatic carbocycles. The van der Waals surface area contributed by atoms with Gasteiger partial charge in [-0.25, -0.2) is 0 Å². The molecule has 0 heterocycles. The fourth-order valence-corrected chi connectivity index (χ4v) is 0.729. The minimum absolute atomic E-state index is 1.20. The Morgan fingerprint density at radius 3 is 2.17 bits per heavy atom. The lowest BCUT2D eigenvalue weighted by Gasteiger charge is -1.85. The molecule has 12 heavy (non-hydrogen) atoms. The average molecular weight is 160 g/mol. The monoisotopic (exact) mass is 160 g/mol. The van der Waals surface area contributed by atoms with Crippen molar-refractivity contribution in [1.29, 1.82) is 0 Å². The lowest BCUT2D eigenvalue weighted by Crippen LogP contribution is -1.64. The Hall–Kier alpha value is -1.26. The molecular formula is C12H16. The smallest absolute Gasteiger partial charge is 0.0131 e. The van der Waals surface area contributed by atoms with Crippen molar-refractivity contribution in [3.05, 3.63) is 47.7 Å². The highest BCUT2D eigenvalue weighted by Crippen LogP contribution is 1.98. The van der Waals surface area contributed by atoms with Crippen molar-refractivity contribution >= 4 is 6.08 Å². The molecule has 0 radical (unpaired) electrons. The minimum Gasteiger partial charge on any atom is -0.125 e. The second-order valence-corrected chi connectivity index (χ2v) is 2.01. The van der Waals surface area contributed by atoms with Gasteiger partial charge < -0.3 is 0 Å². The summed E-state index contributed by atoms with van der Waals surface area (Å²) in [5.41, 5.74) is 4.21. The number of hydrogen-bond acceptors (Lipinski definition) is 0. The van der Waals surface area contributed by atoms with E-state index in [4.69, 9.17) is 0 Å². The van der Waals surface area contributed by atoms with Gasteiger partial charge >= 0.3 is 0 Å². The van der Waals surface area contributed by atoms with Crippen LogP contribution in [-0.2, 0) is 0 Å². The molecule has 0 saturated heterocycles. The van der Waals surface area contributed by atoms with Crippen molar-refractivity contribution in [2.45, 2.75) is 20.8 Å². The first-order valence-electron chi connectivity index (χ1n) is 4.35. The third kappa shape index (κ3) is 4.54. The summed E-state index contributed by atoms with van der Waals surface area (Å²) in [6.45, 7) is 5.96. The van der Waals surface area contributed by atoms with E-state index in [0.29, 0.717) is 0 Å². The molecule has 1 aromatic rings. The van der Waals surface area contributed by atoms with E-state index in [1.165, 1.54) is 5.56 Å². The third-order valence-electron chi connectivity index (χ3n) is 1.22. The summed E-state index contributed by atoms with van der Waals surface area (Å²) < 4.78 is 0. The molecular weight excluding hydrogens is 144 g/mol. The lowest BCUT2D eigenvalue weighted by molar-refractivity contribution is 1.50. The molecule has 0 unspecified atom stereocenters. The van der Waals surface area contributed by atoms with Gasteiger partial charge in [0.2, 0.25) is 0 Å². The van der Waals surface area contributed by atoms with Gasteiger partial charge in [0.15, 0.2) is 0 Å². The number of rotatable bonds is 1. The largest absolute Gasteiger partial charge is 0.125 e. The van der Waals surface area contributed by atoms with Gasteiger partial charge in [-0.1, -0.05) is 44.2 Å². The van der Waals surface area contributed by atoms with Gasteiger partial charge in [-0.05, 0) is 24.6 Å². The van der Waals surface area contributed by atoms with Crippen LogP contribution in [0.25, 0.3) is 6.08 Å². The molecule has 0 fully saturated rings. The van der Waals surface area contributed by atoms with E-state index in [1.807, 2.05) is 51.1 Å². The first kappa shape index (κ1) is 10.7. The van der Waals surface area contributed by atoms with Crippen LogP contribution in [0.2, 0.25) is 0 Å². The summed E-state index contributed by atoms with van der Waals surface area (Å²) in [5.74, 6) is 0. The van der Waals surface area contributed by atoms with Crippen molar-refractivity contribution in [3.63, 3.8) is 0 Å². The molecule has 0 amide bonds. The van der Waals surface area contributed by atoms with E-state index in [2.05, 4.69) is 17.9 Å². The van der Waals surface area contributed by atoms with Gasteiger partial charge in [0.1, 0.15) is 0 Å². The van der Waals surface area contributed by atoms with Crippen molar-refractivity contribution in [2.75, 3.05) is 0 Å². The van der Waals surface area contributed by atoms with Crippen LogP contribution >= 0.6 is 0 Å². The Bertz CT molecular complexity index is 238. The van der Waals surface area contributed by atoms with Crippen LogP contribution in [0.15, 0.2) is 42.1 Å². The predicted octanol–water partition coefficient (Wildman–Crippen LogP) is 3.90. The summed E-state index contributed by atoms with van der Waals surface area (Å²) in [6.07, 6.45) is 3.85. The molecule has 0 heteroatoms. The predicted molar refractivity (Wildman–Crippen MR) is 56.0 cm³/mol. The quantitative estimate of drug-likeness (QED) is 0.546. The van der Waals surface area contributed by atoms with E-state index < -0.39 is 0 Å². The summed E-state index contributed by atoms with van der Waals surface area (Å²) in [7, 11) is 0. The van der Waals surface area contributed by atoms with Gasteiger partial charge in [0.25, 0.3) is 0 Å². The van der Waals surface area contributed by atoms with E-state index in [0.717, 1.165) is 0 Å². The molecule has 0 bridgehead atoms. The minimum atomic E-state index is 1.20. The Morgan fingerprint density at radius 1 is 1.08 bits per heavy atom. The molecule has 0 aliphatic carbocycles. The zero-order chi connectivity index (χ0) is 9.23. The first-order chi connectivity index (χ1) is 5.93. The molecule has 0 atom stereocenters. The molecule has 64 valence electrons. The lowest BCUT2D eigenvalue weighted by atomic mass is 10.2. The molecule has 0 N–H and O–H groups in total. The van der Waals surface area contributed by atoms with Crippen LogP contribution in [-0.4, -0.2) is 0 Å². The number of allylic oxidation sites excluding steroid dienone is 1. The standard InChI is InChI=1S/C10H10.C2H6/c1-2-3-7-10-8-5-4-6-9-10;1-2/h2,4-9H,1H3;1-2H3. The zero-order valence-electron chi connectivity index (χ0n) is 8.04. The van der Waals surface area contributed by atoms with Crippen LogP contribution in [0.4, 0.5) is 0 Å². The van der Waals surface area contributed by atoms with Crippen molar-refractivity contribution < 1.29 is 0 Å². The van der Waals surface area contributed by atoms with Crippen molar-refractivity contribution in [2.24, 2.45) is 0 Å². The maximum absolute atomic E-state index is 3.01. The molecule has 0 aromatic heterocycles. The maximum atomic E-state index is 3.01. The number of hydrogen-bond donors (Lipinski definition) is 0. The second-order valence-electron chi connectivity index (χ2n) is 2.01. The second kappa shape index (κ2) is 7.84. The van der Waals surface area contributed by atoms with Crippen LogP contribution < -0.4 is 0 Å². The van der Waals surface area contributed by atoms with Gasteiger partial charge in [-0.15, -0.1) is 5.73 Å². The van der Waals surface area contributed by atoms with Crippen LogP contribution in [0, 0.1) is 0 Å². The third-order valence-corrected chi connectivity index (χ3v) is 1.22. The van der Waals surface area contributed by atoms with Gasteiger partial charge in [0.05, 0.1) is 0 Å². The van der Waals surface area contributed by atoms with Crippen molar-refractivity contribution in [1.82, 2.24) is 0 Å². The van der Waals surface area contributed by atoms with Gasteiger partial charge in [-0.3, -0.25) is 0 Å². The summed E-state index contributed by atoms with van der Waals surface area (Å²) in [4.78, 5) is 0. The molecule has 0 saturated carbocycles. The molecule has 0 aliphatic rings. The highest BCUT2D eigenvalue weighted by molar-refractivity contribution is 5.47. The normalized spacial score (nSPS) is 7.25. The highest BCUT2D eigenvalue weighted by Gasteiger charge is 1.77. The first-order valence-corrected chi connectivity index (χ1v) is 4.35. The summed E-state index contributed by atoms with van der Waals surface area (Å²) in [5, 5.41) is 0. The summed E-state index contributed by atoms with van der Waals surface area (Å²) in [6, 6.07) is 10.1. The Balaban J connectivity index is 0.000000561. The SMILES string of the molecule is CC.CC=C=Cc1ccccc1. The van der Waals surface area contributed by atoms with Gasteiger partial charge in [0, 0.05) is 0 Å². The molecule has 0 aliphatic heterocycles. The maximum Gasteiger partial charge on any atom is -0.0131 e. The average Bonchev–Trinajstić information content (AvgIpc) is 2.19. The van der Waals surface area contributed by atoms with Crippen LogP contribution in [0.1, 0.15) is 26.3 Å². The van der Waals surface area contributed by atoms with Gasteiger partial charge in [-0.2, -0.15) is 0 Å².